The standard InChI is InChI=1S/C25H22Cl2N2O7/c26-17-10-15-9-16(25(32)33)11-21(24(15)18(27)12-17)35-13-22(30)28-19-3-1-2-4-20(19)36-14-23(31)29-5-7-34-8-6-29/h1-4,9-12H,5-8,13-14H2,(H,28,30)(H,32,33). The number of hydrogen-bond donors (Lipinski definition) is 2. The molecule has 0 bridgehead atoms. The van der Waals surface area contributed by atoms with E-state index < -0.39 is 18.5 Å². The van der Waals surface area contributed by atoms with Gasteiger partial charge >= 0.3 is 5.97 Å². The van der Waals surface area contributed by atoms with Gasteiger partial charge in [0.1, 0.15) is 11.5 Å². The Morgan fingerprint density at radius 3 is 2.44 bits per heavy atom. The number of carboxylic acid groups (broad SMARTS) is 1. The Morgan fingerprint density at radius 1 is 0.972 bits per heavy atom. The van der Waals surface area contributed by atoms with Crippen LogP contribution in [0.5, 0.6) is 11.5 Å². The second-order valence-corrected chi connectivity index (χ2v) is 8.72. The van der Waals surface area contributed by atoms with E-state index in [0.29, 0.717) is 53.5 Å². The Morgan fingerprint density at radius 2 is 1.69 bits per heavy atom. The lowest BCUT2D eigenvalue weighted by Crippen LogP contribution is -2.43. The highest BCUT2D eigenvalue weighted by atomic mass is 35.5. The molecule has 0 atom stereocenters. The molecule has 36 heavy (non-hydrogen) atoms. The van der Waals surface area contributed by atoms with Gasteiger partial charge in [-0.25, -0.2) is 4.79 Å². The minimum Gasteiger partial charge on any atom is -0.483 e. The van der Waals surface area contributed by atoms with Gasteiger partial charge in [0.2, 0.25) is 0 Å². The molecular weight excluding hydrogens is 511 g/mol. The first-order chi connectivity index (χ1) is 17.3. The number of nitrogens with one attached hydrogen (secondary N) is 1. The molecule has 1 aliphatic heterocycles. The molecule has 2 amide bonds. The molecule has 1 saturated heterocycles. The second kappa shape index (κ2) is 11.5. The molecule has 0 aromatic heterocycles. The largest absolute Gasteiger partial charge is 0.483 e. The Bertz CT molecular complexity index is 1310. The molecule has 1 heterocycles. The third-order valence-corrected chi connectivity index (χ3v) is 5.93. The number of carbonyl (C=O) groups excluding carboxylic acids is 2. The predicted octanol–water partition coefficient (Wildman–Crippen LogP) is 4.10. The second-order valence-electron chi connectivity index (χ2n) is 7.88. The number of halogens is 2. The minimum atomic E-state index is -1.17. The van der Waals surface area contributed by atoms with E-state index in [4.69, 9.17) is 37.4 Å². The number of carbonyl (C=O) groups is 3. The summed E-state index contributed by atoms with van der Waals surface area (Å²) in [6, 6.07) is 12.5. The van der Waals surface area contributed by atoms with E-state index >= 15 is 0 Å². The van der Waals surface area contributed by atoms with Crippen molar-refractivity contribution in [3.63, 3.8) is 0 Å². The molecule has 188 valence electrons. The molecular formula is C25H22Cl2N2O7. The molecule has 11 heteroatoms. The summed E-state index contributed by atoms with van der Waals surface area (Å²) < 4.78 is 16.6. The molecule has 3 aromatic rings. The van der Waals surface area contributed by atoms with Crippen LogP contribution in [0.15, 0.2) is 48.5 Å². The van der Waals surface area contributed by atoms with Crippen LogP contribution >= 0.6 is 23.2 Å². The summed E-state index contributed by atoms with van der Waals surface area (Å²) in [4.78, 5) is 38.2. The Balaban J connectivity index is 1.44. The van der Waals surface area contributed by atoms with Crippen molar-refractivity contribution in [2.24, 2.45) is 0 Å². The summed E-state index contributed by atoms with van der Waals surface area (Å²) in [5.41, 5.74) is 0.315. The van der Waals surface area contributed by atoms with Crippen LogP contribution < -0.4 is 14.8 Å². The normalized spacial score (nSPS) is 13.3. The van der Waals surface area contributed by atoms with E-state index in [2.05, 4.69) is 5.32 Å². The van der Waals surface area contributed by atoms with Crippen molar-refractivity contribution in [1.82, 2.24) is 4.90 Å². The van der Waals surface area contributed by atoms with Crippen molar-refractivity contribution >= 4 is 57.4 Å². The molecule has 0 radical (unpaired) electrons. The number of nitrogens with zero attached hydrogens (tertiary/aromatic N) is 1. The van der Waals surface area contributed by atoms with Crippen molar-refractivity contribution in [2.75, 3.05) is 44.8 Å². The molecule has 9 nitrogen and oxygen atoms in total. The summed E-state index contributed by atoms with van der Waals surface area (Å²) in [6.45, 7) is 1.37. The van der Waals surface area contributed by atoms with Gasteiger partial charge in [0.25, 0.3) is 11.8 Å². The summed E-state index contributed by atoms with van der Waals surface area (Å²) >= 11 is 12.4. The third-order valence-electron chi connectivity index (χ3n) is 5.41. The van der Waals surface area contributed by atoms with Gasteiger partial charge in [-0.15, -0.1) is 0 Å². The maximum Gasteiger partial charge on any atom is 0.335 e. The van der Waals surface area contributed by atoms with Crippen molar-refractivity contribution in [3.05, 3.63) is 64.1 Å². The van der Waals surface area contributed by atoms with Gasteiger partial charge < -0.3 is 29.5 Å². The maximum atomic E-state index is 12.7. The van der Waals surface area contributed by atoms with Crippen LogP contribution in [0, 0.1) is 0 Å². The lowest BCUT2D eigenvalue weighted by atomic mass is 10.1. The molecule has 4 rings (SSSR count). The summed E-state index contributed by atoms with van der Waals surface area (Å²) in [6.07, 6.45) is 0. The third kappa shape index (κ3) is 6.17. The maximum absolute atomic E-state index is 12.7. The molecule has 0 unspecified atom stereocenters. The van der Waals surface area contributed by atoms with Gasteiger partial charge in [0, 0.05) is 23.5 Å². The number of benzene rings is 3. The zero-order valence-electron chi connectivity index (χ0n) is 19.0. The number of para-hydroxylation sites is 2. The summed E-state index contributed by atoms with van der Waals surface area (Å²) in [7, 11) is 0. The van der Waals surface area contributed by atoms with Crippen LogP contribution in [0.2, 0.25) is 10.0 Å². The zero-order valence-corrected chi connectivity index (χ0v) is 20.5. The number of carboxylic acids is 1. The lowest BCUT2D eigenvalue weighted by molar-refractivity contribution is -0.137. The van der Waals surface area contributed by atoms with Crippen LogP contribution in [-0.2, 0) is 14.3 Å². The molecule has 1 aliphatic rings. The van der Waals surface area contributed by atoms with Crippen LogP contribution in [0.1, 0.15) is 10.4 Å². The smallest absolute Gasteiger partial charge is 0.335 e. The van der Waals surface area contributed by atoms with Gasteiger partial charge in [-0.2, -0.15) is 0 Å². The summed E-state index contributed by atoms with van der Waals surface area (Å²) in [5.74, 6) is -1.42. The van der Waals surface area contributed by atoms with Gasteiger partial charge in [-0.3, -0.25) is 9.59 Å². The molecule has 0 spiro atoms. The first kappa shape index (κ1) is 25.6. The van der Waals surface area contributed by atoms with Crippen molar-refractivity contribution in [1.29, 1.82) is 0 Å². The number of morpholine rings is 1. The number of fused-ring (bicyclic) bond motifs is 1. The average molecular weight is 533 g/mol. The van der Waals surface area contributed by atoms with Gasteiger partial charge in [-0.1, -0.05) is 35.3 Å². The summed E-state index contributed by atoms with van der Waals surface area (Å²) in [5, 5.41) is 13.6. The van der Waals surface area contributed by atoms with Gasteiger partial charge in [0.15, 0.2) is 13.2 Å². The highest BCUT2D eigenvalue weighted by Gasteiger charge is 2.19. The molecule has 1 fully saturated rings. The quantitative estimate of drug-likeness (QED) is 0.448. The number of hydrogen-bond acceptors (Lipinski definition) is 6. The highest BCUT2D eigenvalue weighted by molar-refractivity contribution is 6.39. The topological polar surface area (TPSA) is 114 Å². The average Bonchev–Trinajstić information content (AvgIpc) is 2.86. The number of ether oxygens (including phenoxy) is 3. The fraction of sp³-hybridized carbons (Fsp3) is 0.240. The molecule has 0 aliphatic carbocycles. The highest BCUT2D eigenvalue weighted by Crippen LogP contribution is 2.36. The monoisotopic (exact) mass is 532 g/mol. The van der Waals surface area contributed by atoms with E-state index in [1.165, 1.54) is 18.2 Å². The molecule has 2 N–H and O–H groups in total. The van der Waals surface area contributed by atoms with Gasteiger partial charge in [0.05, 0.1) is 29.5 Å². The van der Waals surface area contributed by atoms with Crippen LogP contribution in [0.4, 0.5) is 5.69 Å². The Kier molecular flexibility index (Phi) is 8.14. The van der Waals surface area contributed by atoms with Gasteiger partial charge in [-0.05, 0) is 41.8 Å². The predicted molar refractivity (Wildman–Crippen MR) is 134 cm³/mol. The SMILES string of the molecule is O=C(COc1cc(C(=O)O)cc2cc(Cl)cc(Cl)c12)Nc1ccccc1OCC(=O)N1CCOCC1. The number of aromatic carboxylic acids is 1. The van der Waals surface area contributed by atoms with Crippen LogP contribution in [0.25, 0.3) is 10.8 Å². The van der Waals surface area contributed by atoms with E-state index in [-0.39, 0.29) is 28.8 Å². The number of amides is 2. The Labute approximate surface area is 216 Å². The van der Waals surface area contributed by atoms with E-state index in [1.807, 2.05) is 0 Å². The lowest BCUT2D eigenvalue weighted by Gasteiger charge is -2.26. The fourth-order valence-electron chi connectivity index (χ4n) is 3.70. The minimum absolute atomic E-state index is 0.0417. The first-order valence-corrected chi connectivity index (χ1v) is 11.7. The Hall–Kier alpha value is -3.53. The van der Waals surface area contributed by atoms with Crippen molar-refractivity contribution < 1.29 is 33.7 Å². The number of rotatable bonds is 8. The van der Waals surface area contributed by atoms with E-state index in [0.717, 1.165) is 0 Å². The van der Waals surface area contributed by atoms with Crippen LogP contribution in [-0.4, -0.2) is 67.3 Å². The molecule has 0 saturated carbocycles. The fourth-order valence-corrected chi connectivity index (χ4v) is 4.30. The van der Waals surface area contributed by atoms with Crippen LogP contribution in [0.3, 0.4) is 0 Å². The number of anilines is 1. The van der Waals surface area contributed by atoms with E-state index in [1.54, 1.807) is 35.2 Å². The zero-order chi connectivity index (χ0) is 25.7. The molecule has 3 aromatic carbocycles. The van der Waals surface area contributed by atoms with Crippen molar-refractivity contribution in [3.8, 4) is 11.5 Å². The van der Waals surface area contributed by atoms with Crippen molar-refractivity contribution in [2.45, 2.75) is 0 Å². The van der Waals surface area contributed by atoms with E-state index in [9.17, 15) is 19.5 Å². The first-order valence-electron chi connectivity index (χ1n) is 11.0.